The monoisotopic (exact) mass is 421 g/mol. The first-order valence-electron chi connectivity index (χ1n) is 8.96. The molecule has 2 N–H and O–H groups in total. The van der Waals surface area contributed by atoms with E-state index in [1.807, 2.05) is 17.7 Å². The first-order valence-corrected chi connectivity index (χ1v) is 10.4. The van der Waals surface area contributed by atoms with E-state index in [-0.39, 0.29) is 10.7 Å². The summed E-state index contributed by atoms with van der Waals surface area (Å²) >= 11 is 0. The van der Waals surface area contributed by atoms with Crippen molar-refractivity contribution >= 4 is 33.6 Å². The molecule has 0 atom stereocenters. The Balaban J connectivity index is 1.61. The number of nitrogens with zero attached hydrogens (tertiary/aromatic N) is 1. The molecule has 1 aromatic heterocycles. The summed E-state index contributed by atoms with van der Waals surface area (Å²) in [5.41, 5.74) is 2.48. The Morgan fingerprint density at radius 2 is 1.67 bits per heavy atom. The molecule has 30 heavy (non-hydrogen) atoms. The molecular formula is C22H19N3O4S. The predicted octanol–water partition coefficient (Wildman–Crippen LogP) is 3.80. The molecule has 0 radical (unpaired) electrons. The van der Waals surface area contributed by atoms with Crippen LogP contribution < -0.4 is 10.0 Å². The van der Waals surface area contributed by atoms with E-state index in [0.717, 1.165) is 11.1 Å². The van der Waals surface area contributed by atoms with E-state index in [2.05, 4.69) is 10.3 Å². The maximum Gasteiger partial charge on any atom is 0.333 e. The van der Waals surface area contributed by atoms with E-state index in [0.29, 0.717) is 11.3 Å². The SMILES string of the molecule is Cc1ccc(S(=O)(=O)NC(=O)Nc2ccc(C(=O)/C=C/c3cccnc3)cc2)cc1. The zero-order valence-electron chi connectivity index (χ0n) is 16.1. The van der Waals surface area contributed by atoms with Gasteiger partial charge in [0.15, 0.2) is 5.78 Å². The molecule has 0 aliphatic rings. The lowest BCUT2D eigenvalue weighted by Crippen LogP contribution is -2.34. The number of amides is 2. The first-order chi connectivity index (χ1) is 14.3. The Bertz CT molecular complexity index is 1170. The number of hydrogen-bond acceptors (Lipinski definition) is 5. The summed E-state index contributed by atoms with van der Waals surface area (Å²) in [6.07, 6.45) is 6.37. The third kappa shape index (κ3) is 5.62. The molecule has 3 rings (SSSR count). The average molecular weight is 421 g/mol. The van der Waals surface area contributed by atoms with Crippen molar-refractivity contribution in [1.82, 2.24) is 9.71 Å². The molecule has 0 saturated heterocycles. The van der Waals surface area contributed by atoms with Crippen LogP contribution in [0.25, 0.3) is 6.08 Å². The maximum atomic E-state index is 12.2. The summed E-state index contributed by atoms with van der Waals surface area (Å²) in [5, 5.41) is 2.44. The number of anilines is 1. The highest BCUT2D eigenvalue weighted by Gasteiger charge is 2.17. The lowest BCUT2D eigenvalue weighted by atomic mass is 10.1. The molecule has 8 heteroatoms. The Morgan fingerprint density at radius 1 is 0.967 bits per heavy atom. The standard InChI is InChI=1S/C22H19N3O4S/c1-16-4-11-20(12-5-16)30(28,29)25-22(27)24-19-9-7-18(8-10-19)21(26)13-6-17-3-2-14-23-15-17/h2-15H,1H3,(H2,24,25,27)/b13-6+. The molecule has 0 unspecified atom stereocenters. The molecular weight excluding hydrogens is 402 g/mol. The van der Waals surface area contributed by atoms with Crippen LogP contribution in [0.15, 0.2) is 84.0 Å². The van der Waals surface area contributed by atoms with Crippen LogP contribution >= 0.6 is 0 Å². The van der Waals surface area contributed by atoms with Gasteiger partial charge in [0, 0.05) is 23.6 Å². The van der Waals surface area contributed by atoms with Gasteiger partial charge in [-0.3, -0.25) is 9.78 Å². The number of carbonyl (C=O) groups is 2. The summed E-state index contributed by atoms with van der Waals surface area (Å²) in [6, 6.07) is 14.9. The first kappa shape index (κ1) is 20.9. The van der Waals surface area contributed by atoms with Gasteiger partial charge in [0.05, 0.1) is 4.90 Å². The van der Waals surface area contributed by atoms with Gasteiger partial charge in [-0.05, 0) is 67.1 Å². The minimum Gasteiger partial charge on any atom is -0.307 e. The number of nitrogens with one attached hydrogen (secondary N) is 2. The molecule has 0 spiro atoms. The number of pyridine rings is 1. The van der Waals surface area contributed by atoms with Crippen molar-refractivity contribution in [3.8, 4) is 0 Å². The number of aromatic nitrogens is 1. The number of allylic oxidation sites excluding steroid dienone is 1. The van der Waals surface area contributed by atoms with E-state index in [1.54, 1.807) is 48.8 Å². The number of benzene rings is 2. The van der Waals surface area contributed by atoms with E-state index < -0.39 is 16.1 Å². The molecule has 1 heterocycles. The zero-order valence-corrected chi connectivity index (χ0v) is 16.9. The van der Waals surface area contributed by atoms with Crippen molar-refractivity contribution in [3.63, 3.8) is 0 Å². The number of urea groups is 1. The minimum absolute atomic E-state index is 0.00963. The topological polar surface area (TPSA) is 105 Å². The summed E-state index contributed by atoms with van der Waals surface area (Å²) in [6.45, 7) is 1.83. The van der Waals surface area contributed by atoms with E-state index >= 15 is 0 Å². The fraction of sp³-hybridized carbons (Fsp3) is 0.0455. The van der Waals surface area contributed by atoms with E-state index in [9.17, 15) is 18.0 Å². The van der Waals surface area contributed by atoms with Gasteiger partial charge in [0.2, 0.25) is 0 Å². The molecule has 2 aromatic carbocycles. The van der Waals surface area contributed by atoms with Gasteiger partial charge >= 0.3 is 6.03 Å². The quantitative estimate of drug-likeness (QED) is 0.465. The van der Waals surface area contributed by atoms with Crippen molar-refractivity contribution in [2.75, 3.05) is 5.32 Å². The Morgan fingerprint density at radius 3 is 2.30 bits per heavy atom. The van der Waals surface area contributed by atoms with E-state index in [1.165, 1.54) is 30.3 Å². The highest BCUT2D eigenvalue weighted by molar-refractivity contribution is 7.90. The molecule has 0 fully saturated rings. The second-order valence-electron chi connectivity index (χ2n) is 6.43. The molecule has 2 amide bonds. The molecule has 152 valence electrons. The van der Waals surface area contributed by atoms with Crippen LogP contribution in [-0.4, -0.2) is 25.2 Å². The number of rotatable bonds is 6. The fourth-order valence-corrected chi connectivity index (χ4v) is 3.42. The largest absolute Gasteiger partial charge is 0.333 e. The molecule has 0 aliphatic carbocycles. The molecule has 3 aromatic rings. The van der Waals surface area contributed by atoms with Crippen molar-refractivity contribution in [3.05, 3.63) is 95.8 Å². The van der Waals surface area contributed by atoms with Crippen LogP contribution in [-0.2, 0) is 10.0 Å². The highest BCUT2D eigenvalue weighted by Crippen LogP contribution is 2.13. The van der Waals surface area contributed by atoms with Crippen LogP contribution in [0.3, 0.4) is 0 Å². The normalized spacial score (nSPS) is 11.2. The van der Waals surface area contributed by atoms with Crippen LogP contribution in [0.2, 0.25) is 0 Å². The third-order valence-electron chi connectivity index (χ3n) is 4.10. The summed E-state index contributed by atoms with van der Waals surface area (Å²) in [7, 11) is -3.98. The number of hydrogen-bond donors (Lipinski definition) is 2. The Hall–Kier alpha value is -3.78. The predicted molar refractivity (Wildman–Crippen MR) is 115 cm³/mol. The van der Waals surface area contributed by atoms with Crippen LogP contribution in [0.4, 0.5) is 10.5 Å². The average Bonchev–Trinajstić information content (AvgIpc) is 2.73. The lowest BCUT2D eigenvalue weighted by Gasteiger charge is -2.09. The van der Waals surface area contributed by atoms with Gasteiger partial charge in [-0.25, -0.2) is 17.9 Å². The van der Waals surface area contributed by atoms with Gasteiger partial charge in [-0.15, -0.1) is 0 Å². The van der Waals surface area contributed by atoms with Crippen molar-refractivity contribution in [2.24, 2.45) is 0 Å². The summed E-state index contributed by atoms with van der Waals surface area (Å²) in [4.78, 5) is 28.3. The lowest BCUT2D eigenvalue weighted by molar-refractivity contribution is 0.104. The minimum atomic E-state index is -3.98. The molecule has 0 bridgehead atoms. The second-order valence-corrected chi connectivity index (χ2v) is 8.12. The molecule has 0 saturated carbocycles. The fourth-order valence-electron chi connectivity index (χ4n) is 2.52. The Labute approximate surface area is 174 Å². The van der Waals surface area contributed by atoms with Crippen LogP contribution in [0.1, 0.15) is 21.5 Å². The van der Waals surface area contributed by atoms with E-state index in [4.69, 9.17) is 0 Å². The van der Waals surface area contributed by atoms with Gasteiger partial charge in [-0.1, -0.05) is 23.8 Å². The van der Waals surface area contributed by atoms with Gasteiger partial charge in [0.1, 0.15) is 0 Å². The number of aryl methyl sites for hydroxylation is 1. The van der Waals surface area contributed by atoms with Gasteiger partial charge < -0.3 is 5.32 Å². The third-order valence-corrected chi connectivity index (χ3v) is 5.44. The van der Waals surface area contributed by atoms with Crippen molar-refractivity contribution < 1.29 is 18.0 Å². The van der Waals surface area contributed by atoms with Gasteiger partial charge in [-0.2, -0.15) is 0 Å². The van der Waals surface area contributed by atoms with Crippen molar-refractivity contribution in [1.29, 1.82) is 0 Å². The number of sulfonamides is 1. The molecule has 0 aliphatic heterocycles. The number of carbonyl (C=O) groups excluding carboxylic acids is 2. The zero-order chi connectivity index (χ0) is 21.6. The summed E-state index contributed by atoms with van der Waals surface area (Å²) in [5.74, 6) is -0.211. The van der Waals surface area contributed by atoms with Crippen LogP contribution in [0, 0.1) is 6.92 Å². The van der Waals surface area contributed by atoms with Gasteiger partial charge in [0.25, 0.3) is 10.0 Å². The summed E-state index contributed by atoms with van der Waals surface area (Å²) < 4.78 is 26.5. The Kier molecular flexibility index (Phi) is 6.38. The second kappa shape index (κ2) is 9.15. The smallest absolute Gasteiger partial charge is 0.307 e. The van der Waals surface area contributed by atoms with Crippen LogP contribution in [0.5, 0.6) is 0 Å². The molecule has 7 nitrogen and oxygen atoms in total. The highest BCUT2D eigenvalue weighted by atomic mass is 32.2. The number of ketones is 1. The maximum absolute atomic E-state index is 12.2. The van der Waals surface area contributed by atoms with Crippen molar-refractivity contribution in [2.45, 2.75) is 11.8 Å².